The summed E-state index contributed by atoms with van der Waals surface area (Å²) in [6.07, 6.45) is 4.52. The fourth-order valence-corrected chi connectivity index (χ4v) is 1.08. The molecule has 0 aromatic carbocycles. The van der Waals surface area contributed by atoms with E-state index in [4.69, 9.17) is 9.47 Å². The number of rotatable bonds is 1. The molecule has 0 N–H and O–H groups in total. The first kappa shape index (κ1) is 8.68. The summed E-state index contributed by atoms with van der Waals surface area (Å²) in [5, 5.41) is 0. The Bertz CT molecular complexity index is 104. The van der Waals surface area contributed by atoms with Crippen molar-refractivity contribution in [3.05, 3.63) is 0 Å². The topological polar surface area (TPSA) is 35.5 Å². The summed E-state index contributed by atoms with van der Waals surface area (Å²) in [6, 6.07) is 0. The van der Waals surface area contributed by atoms with Crippen LogP contribution in [0.5, 0.6) is 0 Å². The highest BCUT2D eigenvalue weighted by Gasteiger charge is 2.08. The molecule has 0 unspecified atom stereocenters. The van der Waals surface area contributed by atoms with Gasteiger partial charge in [0.05, 0.1) is 13.2 Å². The molecule has 0 aliphatic carbocycles. The number of hydrogen-bond acceptors (Lipinski definition) is 3. The van der Waals surface area contributed by atoms with Gasteiger partial charge in [-0.3, -0.25) is 4.79 Å². The van der Waals surface area contributed by atoms with Gasteiger partial charge >= 0.3 is 0 Å². The monoisotopic (exact) mass is 158 g/mol. The lowest BCUT2D eigenvalue weighted by molar-refractivity contribution is -0.156. The molecule has 0 atom stereocenters. The number of aldehydes is 1. The van der Waals surface area contributed by atoms with Crippen LogP contribution in [0, 0.1) is 0 Å². The zero-order chi connectivity index (χ0) is 7.94. The van der Waals surface area contributed by atoms with E-state index in [9.17, 15) is 4.79 Å². The minimum absolute atomic E-state index is 0.618. The van der Waals surface area contributed by atoms with Crippen molar-refractivity contribution in [2.75, 3.05) is 13.2 Å². The Morgan fingerprint density at radius 3 is 2.00 bits per heavy atom. The molecule has 3 nitrogen and oxygen atoms in total. The van der Waals surface area contributed by atoms with Crippen LogP contribution < -0.4 is 0 Å². The van der Waals surface area contributed by atoms with Crippen molar-refractivity contribution in [1.82, 2.24) is 0 Å². The average molecular weight is 158 g/mol. The predicted molar refractivity (Wildman–Crippen MR) is 40.2 cm³/mol. The van der Waals surface area contributed by atoms with E-state index < -0.39 is 6.29 Å². The minimum atomic E-state index is -0.618. The second kappa shape index (κ2) is 5.27. The van der Waals surface area contributed by atoms with Crippen molar-refractivity contribution in [2.24, 2.45) is 0 Å². The summed E-state index contributed by atoms with van der Waals surface area (Å²) in [5.74, 6) is 0. The maximum absolute atomic E-state index is 10.3. The Hall–Kier alpha value is -0.410. The highest BCUT2D eigenvalue weighted by molar-refractivity contribution is 5.53. The van der Waals surface area contributed by atoms with E-state index in [1.54, 1.807) is 0 Å². The van der Waals surface area contributed by atoms with Gasteiger partial charge in [-0.15, -0.1) is 0 Å². The zero-order valence-electron chi connectivity index (χ0n) is 6.62. The van der Waals surface area contributed by atoms with Gasteiger partial charge < -0.3 is 9.47 Å². The minimum Gasteiger partial charge on any atom is -0.346 e. The van der Waals surface area contributed by atoms with Crippen molar-refractivity contribution < 1.29 is 14.3 Å². The molecular formula is C8H14O3. The summed E-state index contributed by atoms with van der Waals surface area (Å²) in [4.78, 5) is 10.3. The first-order chi connectivity index (χ1) is 5.43. The van der Waals surface area contributed by atoms with Gasteiger partial charge in [0.2, 0.25) is 6.29 Å². The fraction of sp³-hybridized carbons (Fsp3) is 0.875. The molecule has 1 aliphatic heterocycles. The van der Waals surface area contributed by atoms with Crippen molar-refractivity contribution >= 4 is 6.29 Å². The molecule has 0 aromatic heterocycles. The smallest absolute Gasteiger partial charge is 0.214 e. The Balaban J connectivity index is 2.24. The Morgan fingerprint density at radius 1 is 1.00 bits per heavy atom. The maximum Gasteiger partial charge on any atom is 0.214 e. The van der Waals surface area contributed by atoms with E-state index in [-0.39, 0.29) is 0 Å². The Kier molecular flexibility index (Phi) is 4.16. The first-order valence-electron chi connectivity index (χ1n) is 4.12. The number of ether oxygens (including phenoxy) is 2. The summed E-state index contributed by atoms with van der Waals surface area (Å²) in [5.41, 5.74) is 0. The standard InChI is InChI=1S/C8H14O3/c9-7-8-10-5-3-1-2-4-6-11-8/h7-8H,1-6H2. The van der Waals surface area contributed by atoms with Crippen molar-refractivity contribution in [3.63, 3.8) is 0 Å². The van der Waals surface area contributed by atoms with Crippen LogP contribution in [0.3, 0.4) is 0 Å². The van der Waals surface area contributed by atoms with Crippen LogP contribution in [0.1, 0.15) is 25.7 Å². The van der Waals surface area contributed by atoms with Gasteiger partial charge in [-0.1, -0.05) is 12.8 Å². The lowest BCUT2D eigenvalue weighted by Crippen LogP contribution is -2.19. The molecule has 0 saturated carbocycles. The summed E-state index contributed by atoms with van der Waals surface area (Å²) in [7, 11) is 0. The predicted octanol–water partition coefficient (Wildman–Crippen LogP) is 1.12. The van der Waals surface area contributed by atoms with E-state index in [1.807, 2.05) is 0 Å². The van der Waals surface area contributed by atoms with E-state index in [2.05, 4.69) is 0 Å². The molecule has 1 aliphatic rings. The van der Waals surface area contributed by atoms with Crippen molar-refractivity contribution in [2.45, 2.75) is 32.0 Å². The fourth-order valence-electron chi connectivity index (χ4n) is 1.08. The van der Waals surface area contributed by atoms with Gasteiger partial charge in [0.15, 0.2) is 6.29 Å². The van der Waals surface area contributed by atoms with Crippen molar-refractivity contribution in [3.8, 4) is 0 Å². The van der Waals surface area contributed by atoms with Gasteiger partial charge in [-0.05, 0) is 12.8 Å². The van der Waals surface area contributed by atoms with Gasteiger partial charge in [0.1, 0.15) is 0 Å². The summed E-state index contributed by atoms with van der Waals surface area (Å²) >= 11 is 0. The average Bonchev–Trinajstić information content (AvgIpc) is 2.16. The molecule has 1 fully saturated rings. The molecule has 64 valence electrons. The molecule has 0 bridgehead atoms. The third-order valence-electron chi connectivity index (χ3n) is 1.71. The molecule has 1 heterocycles. The molecule has 0 aromatic rings. The zero-order valence-corrected chi connectivity index (χ0v) is 6.62. The van der Waals surface area contributed by atoms with Crippen LogP contribution >= 0.6 is 0 Å². The number of hydrogen-bond donors (Lipinski definition) is 0. The quantitative estimate of drug-likeness (QED) is 0.536. The Morgan fingerprint density at radius 2 is 1.55 bits per heavy atom. The van der Waals surface area contributed by atoms with E-state index in [1.165, 1.54) is 12.8 Å². The van der Waals surface area contributed by atoms with Crippen molar-refractivity contribution in [1.29, 1.82) is 0 Å². The number of carbonyl (C=O) groups excluding carboxylic acids is 1. The van der Waals surface area contributed by atoms with Crippen LogP contribution in [0.25, 0.3) is 0 Å². The lowest BCUT2D eigenvalue weighted by Gasteiger charge is -2.09. The summed E-state index contributed by atoms with van der Waals surface area (Å²) < 4.78 is 10.2. The van der Waals surface area contributed by atoms with Crippen LogP contribution in [-0.4, -0.2) is 25.8 Å². The summed E-state index contributed by atoms with van der Waals surface area (Å²) in [6.45, 7) is 1.28. The molecule has 0 spiro atoms. The third kappa shape index (κ3) is 3.49. The lowest BCUT2D eigenvalue weighted by atomic mass is 10.2. The number of carbonyl (C=O) groups is 1. The van der Waals surface area contributed by atoms with Gasteiger partial charge in [0.25, 0.3) is 0 Å². The SMILES string of the molecule is O=CC1OCCCCCCO1. The van der Waals surface area contributed by atoms with Crippen LogP contribution in [-0.2, 0) is 14.3 Å². The largest absolute Gasteiger partial charge is 0.346 e. The van der Waals surface area contributed by atoms with Gasteiger partial charge in [-0.25, -0.2) is 0 Å². The van der Waals surface area contributed by atoms with Gasteiger partial charge in [0, 0.05) is 0 Å². The molecule has 0 radical (unpaired) electrons. The molecule has 0 amide bonds. The maximum atomic E-state index is 10.3. The van der Waals surface area contributed by atoms with Crippen LogP contribution in [0.4, 0.5) is 0 Å². The third-order valence-corrected chi connectivity index (χ3v) is 1.71. The second-order valence-electron chi connectivity index (χ2n) is 2.66. The first-order valence-corrected chi connectivity index (χ1v) is 4.12. The molecule has 3 heteroatoms. The molecule has 1 saturated heterocycles. The molecule has 11 heavy (non-hydrogen) atoms. The van der Waals surface area contributed by atoms with Crippen LogP contribution in [0.2, 0.25) is 0 Å². The van der Waals surface area contributed by atoms with Gasteiger partial charge in [-0.2, -0.15) is 0 Å². The Labute approximate surface area is 66.7 Å². The van der Waals surface area contributed by atoms with E-state index in [0.717, 1.165) is 12.8 Å². The second-order valence-corrected chi connectivity index (χ2v) is 2.66. The van der Waals surface area contributed by atoms with Crippen LogP contribution in [0.15, 0.2) is 0 Å². The molecule has 1 rings (SSSR count). The van der Waals surface area contributed by atoms with E-state index >= 15 is 0 Å². The highest BCUT2D eigenvalue weighted by atomic mass is 16.7. The highest BCUT2D eigenvalue weighted by Crippen LogP contribution is 2.06. The van der Waals surface area contributed by atoms with E-state index in [0.29, 0.717) is 19.5 Å². The normalized spacial score (nSPS) is 23.3. The molecular weight excluding hydrogens is 144 g/mol.